The van der Waals surface area contributed by atoms with Crippen molar-refractivity contribution in [2.45, 2.75) is 4.34 Å². The number of benzene rings is 1. The maximum Gasteiger partial charge on any atom is 0.306 e. The molecule has 0 fully saturated rings. The Bertz CT molecular complexity index is 693. The Morgan fingerprint density at radius 3 is 2.90 bits per heavy atom. The molecule has 0 saturated carbocycles. The number of nitrogens with zero attached hydrogens (tertiary/aromatic N) is 3. The molecule has 2 aromatic rings. The molecule has 21 heavy (non-hydrogen) atoms. The number of carbonyl (C=O) groups is 1. The van der Waals surface area contributed by atoms with Crippen LogP contribution in [0.5, 0.6) is 0 Å². The Labute approximate surface area is 125 Å². The molecule has 0 aliphatic carbocycles. The van der Waals surface area contributed by atoms with Crippen LogP contribution in [0, 0.1) is 15.9 Å². The summed E-state index contributed by atoms with van der Waals surface area (Å²) in [5.41, 5.74) is 4.85. The van der Waals surface area contributed by atoms with Gasteiger partial charge >= 0.3 is 5.69 Å². The predicted octanol–water partition coefficient (Wildman–Crippen LogP) is 1.90. The first-order valence-corrected chi connectivity index (χ1v) is 7.21. The van der Waals surface area contributed by atoms with E-state index in [1.807, 2.05) is 0 Å². The number of rotatable bonds is 5. The molecule has 1 aromatic heterocycles. The third-order valence-corrected chi connectivity index (χ3v) is 4.06. The van der Waals surface area contributed by atoms with Gasteiger partial charge in [-0.05, 0) is 12.1 Å². The van der Waals surface area contributed by atoms with Crippen LogP contribution < -0.4 is 11.1 Å². The van der Waals surface area contributed by atoms with Gasteiger partial charge in [-0.15, -0.1) is 10.2 Å². The van der Waals surface area contributed by atoms with Crippen molar-refractivity contribution in [3.63, 3.8) is 0 Å². The van der Waals surface area contributed by atoms with Crippen LogP contribution in [0.4, 0.5) is 20.9 Å². The van der Waals surface area contributed by atoms with Crippen molar-refractivity contribution in [2.24, 2.45) is 0 Å². The van der Waals surface area contributed by atoms with Crippen LogP contribution in [0.2, 0.25) is 0 Å². The van der Waals surface area contributed by atoms with E-state index >= 15 is 0 Å². The number of thioether (sulfide) groups is 1. The fourth-order valence-corrected chi connectivity index (χ4v) is 2.77. The van der Waals surface area contributed by atoms with Crippen molar-refractivity contribution in [2.75, 3.05) is 16.8 Å². The third-order valence-electron chi connectivity index (χ3n) is 2.18. The molecule has 0 atom stereocenters. The number of nitro groups is 1. The van der Waals surface area contributed by atoms with Crippen molar-refractivity contribution in [3.8, 4) is 0 Å². The summed E-state index contributed by atoms with van der Waals surface area (Å²) in [5.74, 6) is -1.34. The van der Waals surface area contributed by atoms with Crippen LogP contribution in [-0.2, 0) is 4.79 Å². The summed E-state index contributed by atoms with van der Waals surface area (Å²) in [7, 11) is 0. The average Bonchev–Trinajstić information content (AvgIpc) is 2.84. The molecule has 2 rings (SSSR count). The fraction of sp³-hybridized carbons (Fsp3) is 0.100. The Morgan fingerprint density at radius 1 is 1.52 bits per heavy atom. The van der Waals surface area contributed by atoms with Gasteiger partial charge in [-0.2, -0.15) is 4.39 Å². The molecule has 8 nitrogen and oxygen atoms in total. The van der Waals surface area contributed by atoms with Gasteiger partial charge in [0.2, 0.25) is 16.9 Å². The summed E-state index contributed by atoms with van der Waals surface area (Å²) in [6, 6.07) is 3.13. The highest BCUT2D eigenvalue weighted by Gasteiger charge is 2.15. The Balaban J connectivity index is 1.96. The number of anilines is 2. The zero-order chi connectivity index (χ0) is 15.4. The normalized spacial score (nSPS) is 10.3. The molecule has 0 aliphatic rings. The Hall–Kier alpha value is -2.27. The number of nitrogen functional groups attached to an aromatic ring is 1. The van der Waals surface area contributed by atoms with Crippen LogP contribution in [0.15, 0.2) is 22.5 Å². The zero-order valence-electron chi connectivity index (χ0n) is 10.3. The lowest BCUT2D eigenvalue weighted by Gasteiger charge is -2.04. The molecule has 0 radical (unpaired) electrons. The van der Waals surface area contributed by atoms with Crippen molar-refractivity contribution in [1.29, 1.82) is 0 Å². The molecular weight excluding hydrogens is 321 g/mol. The minimum absolute atomic E-state index is 0.0276. The summed E-state index contributed by atoms with van der Waals surface area (Å²) < 4.78 is 13.7. The van der Waals surface area contributed by atoms with E-state index in [0.29, 0.717) is 9.47 Å². The second-order valence-corrected chi connectivity index (χ2v) is 5.90. The number of nitro benzene ring substituents is 1. The number of nitrogens with two attached hydrogens (primary N) is 1. The minimum Gasteiger partial charge on any atom is -0.374 e. The van der Waals surface area contributed by atoms with Gasteiger partial charge in [0, 0.05) is 11.8 Å². The van der Waals surface area contributed by atoms with Gasteiger partial charge in [-0.1, -0.05) is 23.1 Å². The van der Waals surface area contributed by atoms with E-state index in [4.69, 9.17) is 5.73 Å². The van der Waals surface area contributed by atoms with Crippen LogP contribution in [0.25, 0.3) is 0 Å². The Kier molecular flexibility index (Phi) is 4.65. The topological polar surface area (TPSA) is 124 Å². The zero-order valence-corrected chi connectivity index (χ0v) is 11.9. The van der Waals surface area contributed by atoms with Crippen LogP contribution in [-0.4, -0.2) is 26.8 Å². The van der Waals surface area contributed by atoms with Crippen molar-refractivity contribution in [1.82, 2.24) is 10.2 Å². The summed E-state index contributed by atoms with van der Waals surface area (Å²) in [6.07, 6.45) is 0. The molecule has 0 unspecified atom stereocenters. The molecule has 1 amide bonds. The molecule has 1 heterocycles. The third kappa shape index (κ3) is 4.10. The SMILES string of the molecule is Nc1nnc(SCC(=O)Nc2ccc(F)c([N+](=O)[O-])c2)s1. The van der Waals surface area contributed by atoms with Gasteiger partial charge in [0.05, 0.1) is 10.7 Å². The van der Waals surface area contributed by atoms with E-state index < -0.39 is 22.3 Å². The van der Waals surface area contributed by atoms with Gasteiger partial charge in [0.25, 0.3) is 0 Å². The monoisotopic (exact) mass is 329 g/mol. The highest BCUT2D eigenvalue weighted by Crippen LogP contribution is 2.24. The van der Waals surface area contributed by atoms with E-state index in [1.165, 1.54) is 6.07 Å². The maximum absolute atomic E-state index is 13.1. The number of carbonyl (C=O) groups excluding carboxylic acids is 1. The number of aromatic nitrogens is 2. The number of halogens is 1. The van der Waals surface area contributed by atoms with Gasteiger partial charge in [-0.25, -0.2) is 0 Å². The predicted molar refractivity (Wildman–Crippen MR) is 76.7 cm³/mol. The van der Waals surface area contributed by atoms with Crippen molar-refractivity contribution in [3.05, 3.63) is 34.1 Å². The highest BCUT2D eigenvalue weighted by atomic mass is 32.2. The van der Waals surface area contributed by atoms with E-state index in [0.717, 1.165) is 35.2 Å². The smallest absolute Gasteiger partial charge is 0.306 e. The number of nitrogens with one attached hydrogen (secondary N) is 1. The van der Waals surface area contributed by atoms with E-state index in [1.54, 1.807) is 0 Å². The first-order chi connectivity index (χ1) is 9.95. The summed E-state index contributed by atoms with van der Waals surface area (Å²) in [6.45, 7) is 0. The standard InChI is InChI=1S/C10H8FN5O3S2/c11-6-2-1-5(3-7(6)16(18)19)13-8(17)4-20-10-15-14-9(12)21-10/h1-3H,4H2,(H2,12,14)(H,13,17). The maximum atomic E-state index is 13.1. The molecule has 11 heteroatoms. The highest BCUT2D eigenvalue weighted by molar-refractivity contribution is 8.01. The fourth-order valence-electron chi connectivity index (χ4n) is 1.33. The van der Waals surface area contributed by atoms with Crippen molar-refractivity contribution >= 4 is 45.5 Å². The molecule has 0 aliphatic heterocycles. The molecule has 0 saturated heterocycles. The van der Waals surface area contributed by atoms with E-state index in [-0.39, 0.29) is 11.4 Å². The molecule has 110 valence electrons. The first kappa shape index (κ1) is 15.1. The van der Waals surface area contributed by atoms with Crippen LogP contribution in [0.1, 0.15) is 0 Å². The van der Waals surface area contributed by atoms with E-state index in [2.05, 4.69) is 15.5 Å². The molecule has 0 spiro atoms. The quantitative estimate of drug-likeness (QED) is 0.487. The lowest BCUT2D eigenvalue weighted by Crippen LogP contribution is -2.14. The van der Waals surface area contributed by atoms with Gasteiger partial charge in [0.1, 0.15) is 0 Å². The van der Waals surface area contributed by atoms with Gasteiger partial charge in [-0.3, -0.25) is 14.9 Å². The van der Waals surface area contributed by atoms with Gasteiger partial charge < -0.3 is 11.1 Å². The Morgan fingerprint density at radius 2 is 2.29 bits per heavy atom. The molecular formula is C10H8FN5O3S2. The summed E-state index contributed by atoms with van der Waals surface area (Å²) >= 11 is 2.27. The lowest BCUT2D eigenvalue weighted by molar-refractivity contribution is -0.387. The molecule has 1 aromatic carbocycles. The first-order valence-electron chi connectivity index (χ1n) is 5.41. The van der Waals surface area contributed by atoms with Crippen LogP contribution in [0.3, 0.4) is 0 Å². The second kappa shape index (κ2) is 6.45. The number of hydrogen-bond acceptors (Lipinski definition) is 8. The van der Waals surface area contributed by atoms with Gasteiger partial charge in [0.15, 0.2) is 4.34 Å². The minimum atomic E-state index is -0.961. The average molecular weight is 329 g/mol. The summed E-state index contributed by atoms with van der Waals surface area (Å²) in [5, 5.41) is 20.7. The lowest BCUT2D eigenvalue weighted by atomic mass is 10.2. The van der Waals surface area contributed by atoms with Crippen LogP contribution >= 0.6 is 23.1 Å². The van der Waals surface area contributed by atoms with Crippen molar-refractivity contribution < 1.29 is 14.1 Å². The molecule has 0 bridgehead atoms. The number of hydrogen-bond donors (Lipinski definition) is 2. The molecule has 3 N–H and O–H groups in total. The number of amides is 1. The largest absolute Gasteiger partial charge is 0.374 e. The van der Waals surface area contributed by atoms with E-state index in [9.17, 15) is 19.3 Å². The summed E-state index contributed by atoms with van der Waals surface area (Å²) in [4.78, 5) is 21.4. The second-order valence-electron chi connectivity index (χ2n) is 3.67.